The van der Waals surface area contributed by atoms with Crippen molar-refractivity contribution in [2.45, 2.75) is 32.8 Å². The summed E-state index contributed by atoms with van der Waals surface area (Å²) in [5.41, 5.74) is 0.348. The quantitative estimate of drug-likeness (QED) is 0.272. The van der Waals surface area contributed by atoms with Gasteiger partial charge in [-0.1, -0.05) is 0 Å². The molecule has 3 N–H and O–H groups in total. The maximum Gasteiger partial charge on any atom is 0.326 e. The number of esters is 1. The zero-order valence-corrected chi connectivity index (χ0v) is 19.5. The Morgan fingerprint density at radius 2 is 2.07 bits per heavy atom. The van der Waals surface area contributed by atoms with Gasteiger partial charge in [-0.05, 0) is 74.1 Å². The molecule has 0 fully saturated rings. The summed E-state index contributed by atoms with van der Waals surface area (Å²) in [6.45, 7) is 5.94. The van der Waals surface area contributed by atoms with Crippen molar-refractivity contribution >= 4 is 40.2 Å². The summed E-state index contributed by atoms with van der Waals surface area (Å²) < 4.78 is 20.4. The predicted molar refractivity (Wildman–Crippen MR) is 121 cm³/mol. The Balaban J connectivity index is 2.19. The van der Waals surface area contributed by atoms with E-state index in [1.165, 1.54) is 6.07 Å². The second-order valence-corrected chi connectivity index (χ2v) is 9.00. The van der Waals surface area contributed by atoms with Gasteiger partial charge in [0.1, 0.15) is 18.0 Å². The third-order valence-corrected chi connectivity index (χ3v) is 4.62. The van der Waals surface area contributed by atoms with Gasteiger partial charge in [0.25, 0.3) is 5.91 Å². The lowest BCUT2D eigenvalue weighted by atomic mass is 10.1. The molecule has 0 aromatic heterocycles. The van der Waals surface area contributed by atoms with Crippen LogP contribution in [-0.2, 0) is 14.3 Å². The van der Waals surface area contributed by atoms with E-state index in [-0.39, 0.29) is 30.3 Å². The van der Waals surface area contributed by atoms with Crippen molar-refractivity contribution in [1.82, 2.24) is 10.2 Å². The summed E-state index contributed by atoms with van der Waals surface area (Å²) in [4.78, 5) is 26.5. The van der Waals surface area contributed by atoms with Crippen molar-refractivity contribution < 1.29 is 23.8 Å². The fourth-order valence-electron chi connectivity index (χ4n) is 2.68. The smallest absolute Gasteiger partial charge is 0.326 e. The highest BCUT2D eigenvalue weighted by Crippen LogP contribution is 2.24. The van der Waals surface area contributed by atoms with Gasteiger partial charge in [-0.2, -0.15) is 0 Å². The van der Waals surface area contributed by atoms with Crippen LogP contribution in [0.4, 0.5) is 10.1 Å². The second kappa shape index (κ2) is 10.8. The molecule has 0 spiro atoms. The number of hydrogen-bond donors (Lipinski definition) is 3. The van der Waals surface area contributed by atoms with Crippen LogP contribution in [0.25, 0.3) is 0 Å². The van der Waals surface area contributed by atoms with Crippen LogP contribution >= 0.6 is 22.6 Å². The zero-order valence-electron chi connectivity index (χ0n) is 17.3. The molecule has 0 bridgehead atoms. The summed E-state index contributed by atoms with van der Waals surface area (Å²) >= 11 is 2.02. The van der Waals surface area contributed by atoms with Crippen molar-refractivity contribution in [3.63, 3.8) is 0 Å². The molecule has 1 aliphatic rings. The molecule has 1 amide bonds. The second-order valence-electron chi connectivity index (χ2n) is 7.76. The molecule has 164 valence electrons. The lowest BCUT2D eigenvalue weighted by molar-refractivity contribution is -0.155. The highest BCUT2D eigenvalue weighted by Gasteiger charge is 2.24. The Bertz CT molecular complexity index is 849. The van der Waals surface area contributed by atoms with E-state index in [1.54, 1.807) is 50.1 Å². The lowest BCUT2D eigenvalue weighted by Gasteiger charge is -2.28. The van der Waals surface area contributed by atoms with Crippen molar-refractivity contribution in [2.24, 2.45) is 0 Å². The third-order valence-electron chi connectivity index (χ3n) is 3.95. The molecule has 30 heavy (non-hydrogen) atoms. The minimum Gasteiger partial charge on any atom is -0.459 e. The van der Waals surface area contributed by atoms with Gasteiger partial charge in [0.15, 0.2) is 0 Å². The van der Waals surface area contributed by atoms with Crippen LogP contribution < -0.4 is 10.6 Å². The molecule has 0 atom stereocenters. The summed E-state index contributed by atoms with van der Waals surface area (Å²) in [7, 11) is 0. The van der Waals surface area contributed by atoms with Gasteiger partial charge in [0, 0.05) is 29.5 Å². The molecule has 0 saturated carbocycles. The Labute approximate surface area is 189 Å². The highest BCUT2D eigenvalue weighted by atomic mass is 127. The number of benzene rings is 1. The van der Waals surface area contributed by atoms with E-state index in [0.29, 0.717) is 25.2 Å². The fourth-order valence-corrected chi connectivity index (χ4v) is 3.14. The first-order chi connectivity index (χ1) is 14.1. The van der Waals surface area contributed by atoms with Crippen molar-refractivity contribution in [3.8, 4) is 0 Å². The number of aliphatic hydroxyl groups is 1. The molecule has 9 heteroatoms. The highest BCUT2D eigenvalue weighted by molar-refractivity contribution is 14.1. The molecule has 0 radical (unpaired) electrons. The number of hydrogen-bond acceptors (Lipinski definition) is 6. The maximum absolute atomic E-state index is 14.3. The average molecular weight is 531 g/mol. The third kappa shape index (κ3) is 7.60. The number of ether oxygens (including phenoxy) is 1. The molecule has 0 unspecified atom stereocenters. The maximum atomic E-state index is 14.3. The van der Waals surface area contributed by atoms with Gasteiger partial charge in [-0.25, -0.2) is 4.39 Å². The molecule has 0 aliphatic carbocycles. The minimum absolute atomic E-state index is 0.0215. The summed E-state index contributed by atoms with van der Waals surface area (Å²) in [5, 5.41) is 14.6. The van der Waals surface area contributed by atoms with E-state index in [0.717, 1.165) is 3.57 Å². The molecular formula is C21H27FIN3O4. The van der Waals surface area contributed by atoms with Crippen molar-refractivity contribution in [2.75, 3.05) is 31.6 Å². The Morgan fingerprint density at radius 3 is 2.70 bits per heavy atom. The Morgan fingerprint density at radius 1 is 1.33 bits per heavy atom. The van der Waals surface area contributed by atoms with Crippen LogP contribution in [0, 0.1) is 9.39 Å². The van der Waals surface area contributed by atoms with Gasteiger partial charge in [-0.15, -0.1) is 0 Å². The van der Waals surface area contributed by atoms with E-state index in [4.69, 9.17) is 9.84 Å². The van der Waals surface area contributed by atoms with E-state index in [9.17, 15) is 14.0 Å². The molecule has 1 aromatic rings. The average Bonchev–Trinajstić information content (AvgIpc) is 2.63. The van der Waals surface area contributed by atoms with Crippen LogP contribution in [-0.4, -0.2) is 53.7 Å². The van der Waals surface area contributed by atoms with Crippen LogP contribution in [0.5, 0.6) is 0 Å². The topological polar surface area (TPSA) is 90.9 Å². The Kier molecular flexibility index (Phi) is 8.65. The molecule has 1 heterocycles. The van der Waals surface area contributed by atoms with Gasteiger partial charge in [-0.3, -0.25) is 9.59 Å². The number of carbonyl (C=O) groups is 2. The van der Waals surface area contributed by atoms with Gasteiger partial charge >= 0.3 is 5.97 Å². The van der Waals surface area contributed by atoms with Gasteiger partial charge in [0.2, 0.25) is 0 Å². The monoisotopic (exact) mass is 531 g/mol. The minimum atomic E-state index is -0.605. The number of nitrogens with one attached hydrogen (secondary N) is 2. The first-order valence-electron chi connectivity index (χ1n) is 9.58. The van der Waals surface area contributed by atoms with E-state index in [1.807, 2.05) is 22.6 Å². The molecular weight excluding hydrogens is 504 g/mol. The van der Waals surface area contributed by atoms with Crippen LogP contribution in [0.15, 0.2) is 41.7 Å². The first kappa shape index (κ1) is 24.1. The molecule has 2 rings (SSSR count). The molecule has 7 nitrogen and oxygen atoms in total. The van der Waals surface area contributed by atoms with Crippen LogP contribution in [0.1, 0.15) is 27.2 Å². The summed E-state index contributed by atoms with van der Waals surface area (Å²) in [6, 6.07) is 4.76. The molecule has 1 aromatic carbocycles. The number of amides is 1. The van der Waals surface area contributed by atoms with Crippen molar-refractivity contribution in [1.29, 1.82) is 0 Å². The number of anilines is 1. The normalized spacial score (nSPS) is 14.0. The largest absolute Gasteiger partial charge is 0.459 e. The first-order valence-corrected chi connectivity index (χ1v) is 10.7. The summed E-state index contributed by atoms with van der Waals surface area (Å²) in [6.07, 6.45) is 3.70. The zero-order chi connectivity index (χ0) is 22.3. The standard InChI is InChI=1S/C21H27FIN3O4/c1-21(2,3)30-19(28)13-26-9-7-17(15(12-26)20(29)24-8-4-10-27)25-18-6-5-14(23)11-16(18)22/h5-7,11-12,25,27H,4,8-10,13H2,1-3H3,(H,24,29). The van der Waals surface area contributed by atoms with Gasteiger partial charge in [0.05, 0.1) is 17.0 Å². The number of carbonyl (C=O) groups excluding carboxylic acids is 2. The van der Waals surface area contributed by atoms with E-state index < -0.39 is 17.4 Å². The molecule has 0 saturated heterocycles. The lowest BCUT2D eigenvalue weighted by Crippen LogP contribution is -2.36. The van der Waals surface area contributed by atoms with Crippen LogP contribution in [0.2, 0.25) is 0 Å². The van der Waals surface area contributed by atoms with E-state index in [2.05, 4.69) is 10.6 Å². The van der Waals surface area contributed by atoms with Crippen molar-refractivity contribution in [3.05, 3.63) is 51.1 Å². The number of rotatable bonds is 8. The fraction of sp³-hybridized carbons (Fsp3) is 0.429. The van der Waals surface area contributed by atoms with Gasteiger partial charge < -0.3 is 25.4 Å². The summed E-state index contributed by atoms with van der Waals surface area (Å²) in [5.74, 6) is -1.23. The number of halogens is 2. The number of aliphatic hydroxyl groups excluding tert-OH is 1. The van der Waals surface area contributed by atoms with Crippen LogP contribution in [0.3, 0.4) is 0 Å². The molecule has 1 aliphatic heterocycles. The van der Waals surface area contributed by atoms with E-state index >= 15 is 0 Å². The Hall–Kier alpha value is -2.14. The number of nitrogens with zero attached hydrogens (tertiary/aromatic N) is 1. The SMILES string of the molecule is CC(C)(C)OC(=O)CN1C=C(C(=O)NCCCO)C(Nc2ccc(I)cc2F)=CC1. The predicted octanol–water partition coefficient (Wildman–Crippen LogP) is 2.77.